The molecule has 0 aliphatic rings. The van der Waals surface area contributed by atoms with Crippen molar-refractivity contribution in [2.75, 3.05) is 5.73 Å². The Hall–Kier alpha value is -1.59. The van der Waals surface area contributed by atoms with Crippen LogP contribution in [-0.4, -0.2) is 15.9 Å². The maximum absolute atomic E-state index is 10.8. The van der Waals surface area contributed by atoms with Gasteiger partial charge in [0.15, 0.2) is 0 Å². The molecule has 0 saturated heterocycles. The fraction of sp³-hybridized carbons (Fsp3) is 0. The number of nitrogens with zero attached hydrogens (tertiary/aromatic N) is 2. The van der Waals surface area contributed by atoms with E-state index in [1.807, 2.05) is 6.07 Å². The second-order valence-electron chi connectivity index (χ2n) is 2.81. The lowest BCUT2D eigenvalue weighted by atomic mass is 10.2. The highest BCUT2D eigenvalue weighted by Gasteiger charge is 2.08. The van der Waals surface area contributed by atoms with Gasteiger partial charge in [-0.1, -0.05) is 12.1 Å². The van der Waals surface area contributed by atoms with Crippen LogP contribution in [0.25, 0.3) is 10.9 Å². The third kappa shape index (κ3) is 2.50. The number of carbonyl (C=O) groups excluding carboxylic acids is 1. The summed E-state index contributed by atoms with van der Waals surface area (Å²) >= 11 is 0. The SMILES string of the molecule is Cl.Cl.NC(=O)c1nc(N)c2ccccc2n1. The van der Waals surface area contributed by atoms with Crippen LogP contribution in [0, 0.1) is 0 Å². The molecule has 1 heterocycles. The lowest BCUT2D eigenvalue weighted by molar-refractivity contribution is 0.0991. The van der Waals surface area contributed by atoms with Crippen molar-refractivity contribution in [3.05, 3.63) is 30.1 Å². The molecule has 2 rings (SSSR count). The second kappa shape index (κ2) is 5.48. The summed E-state index contributed by atoms with van der Waals surface area (Å²) in [6.45, 7) is 0. The van der Waals surface area contributed by atoms with Crippen LogP contribution in [-0.2, 0) is 0 Å². The van der Waals surface area contributed by atoms with Gasteiger partial charge >= 0.3 is 0 Å². The molecule has 1 aromatic carbocycles. The van der Waals surface area contributed by atoms with Crippen LogP contribution < -0.4 is 11.5 Å². The van der Waals surface area contributed by atoms with E-state index >= 15 is 0 Å². The molecular weight excluding hydrogens is 251 g/mol. The average molecular weight is 261 g/mol. The molecule has 16 heavy (non-hydrogen) atoms. The number of amides is 1. The van der Waals surface area contributed by atoms with Crippen molar-refractivity contribution in [2.24, 2.45) is 5.73 Å². The molecule has 0 aliphatic carbocycles. The molecule has 0 atom stereocenters. The number of carbonyl (C=O) groups is 1. The Balaban J connectivity index is 0.00000112. The molecule has 5 nitrogen and oxygen atoms in total. The van der Waals surface area contributed by atoms with E-state index in [1.165, 1.54) is 0 Å². The molecule has 0 bridgehead atoms. The quantitative estimate of drug-likeness (QED) is 0.805. The van der Waals surface area contributed by atoms with Gasteiger partial charge in [0.05, 0.1) is 5.52 Å². The van der Waals surface area contributed by atoms with Crippen molar-refractivity contribution in [2.45, 2.75) is 0 Å². The van der Waals surface area contributed by atoms with Crippen molar-refractivity contribution in [3.63, 3.8) is 0 Å². The van der Waals surface area contributed by atoms with Gasteiger partial charge in [-0.25, -0.2) is 9.97 Å². The number of anilines is 1. The molecule has 0 saturated carbocycles. The number of para-hydroxylation sites is 1. The molecule has 0 fully saturated rings. The molecule has 4 N–H and O–H groups in total. The molecule has 2 aromatic rings. The first-order valence-electron chi connectivity index (χ1n) is 4.00. The van der Waals surface area contributed by atoms with Crippen LogP contribution in [0.5, 0.6) is 0 Å². The summed E-state index contributed by atoms with van der Waals surface area (Å²) in [6, 6.07) is 7.17. The largest absolute Gasteiger partial charge is 0.383 e. The Kier molecular flexibility index (Phi) is 4.94. The minimum Gasteiger partial charge on any atom is -0.383 e. The van der Waals surface area contributed by atoms with Crippen molar-refractivity contribution < 1.29 is 4.79 Å². The third-order valence-corrected chi connectivity index (χ3v) is 1.85. The number of hydrogen-bond acceptors (Lipinski definition) is 4. The monoisotopic (exact) mass is 260 g/mol. The Labute approximate surface area is 104 Å². The number of fused-ring (bicyclic) bond motifs is 1. The van der Waals surface area contributed by atoms with Crippen LogP contribution in [0.2, 0.25) is 0 Å². The van der Waals surface area contributed by atoms with Crippen molar-refractivity contribution in [3.8, 4) is 0 Å². The summed E-state index contributed by atoms with van der Waals surface area (Å²) in [5.41, 5.74) is 11.3. The summed E-state index contributed by atoms with van der Waals surface area (Å²) in [4.78, 5) is 18.6. The van der Waals surface area contributed by atoms with Gasteiger partial charge in [0.2, 0.25) is 5.82 Å². The van der Waals surface area contributed by atoms with Gasteiger partial charge in [0.1, 0.15) is 5.82 Å². The molecule has 1 aromatic heterocycles. The van der Waals surface area contributed by atoms with Crippen LogP contribution in [0.1, 0.15) is 10.6 Å². The standard InChI is InChI=1S/C9H8N4O.2ClH/c10-7-5-3-1-2-4-6(5)12-9(13-7)8(11)14;;/h1-4H,(H2,11,14)(H2,10,12,13);2*1H. The molecule has 0 spiro atoms. The predicted octanol–water partition coefficient (Wildman–Crippen LogP) is 1.15. The Morgan fingerprint density at radius 2 is 1.75 bits per heavy atom. The van der Waals surface area contributed by atoms with Crippen molar-refractivity contribution >= 4 is 47.4 Å². The number of nitrogen functional groups attached to an aromatic ring is 1. The summed E-state index contributed by atoms with van der Waals surface area (Å²) in [7, 11) is 0. The van der Waals surface area contributed by atoms with Crippen molar-refractivity contribution in [1.82, 2.24) is 9.97 Å². The van der Waals surface area contributed by atoms with Gasteiger partial charge < -0.3 is 11.5 Å². The molecule has 0 radical (unpaired) electrons. The second-order valence-corrected chi connectivity index (χ2v) is 2.81. The average Bonchev–Trinajstić information content (AvgIpc) is 2.17. The Bertz CT molecular complexity index is 518. The summed E-state index contributed by atoms with van der Waals surface area (Å²) < 4.78 is 0. The fourth-order valence-corrected chi connectivity index (χ4v) is 1.21. The molecule has 1 amide bonds. The summed E-state index contributed by atoms with van der Waals surface area (Å²) in [5.74, 6) is -0.465. The first-order chi connectivity index (χ1) is 6.68. The van der Waals surface area contributed by atoms with E-state index in [9.17, 15) is 4.79 Å². The van der Waals surface area contributed by atoms with E-state index in [1.54, 1.807) is 18.2 Å². The normalized spacial score (nSPS) is 9.00. The summed E-state index contributed by atoms with van der Waals surface area (Å²) in [6.07, 6.45) is 0. The van der Waals surface area contributed by atoms with Crippen LogP contribution in [0.4, 0.5) is 5.82 Å². The highest BCUT2D eigenvalue weighted by molar-refractivity contribution is 5.95. The number of aromatic nitrogens is 2. The predicted molar refractivity (Wildman–Crippen MR) is 67.0 cm³/mol. The Morgan fingerprint density at radius 1 is 1.12 bits per heavy atom. The molecule has 86 valence electrons. The number of primary amides is 1. The first-order valence-corrected chi connectivity index (χ1v) is 4.00. The Morgan fingerprint density at radius 3 is 2.38 bits per heavy atom. The summed E-state index contributed by atoms with van der Waals surface area (Å²) in [5, 5.41) is 0.720. The minimum absolute atomic E-state index is 0. The highest BCUT2D eigenvalue weighted by Crippen LogP contribution is 2.16. The van der Waals surface area contributed by atoms with E-state index in [-0.39, 0.29) is 36.5 Å². The smallest absolute Gasteiger partial charge is 0.286 e. The van der Waals surface area contributed by atoms with E-state index in [0.29, 0.717) is 5.52 Å². The lowest BCUT2D eigenvalue weighted by Gasteiger charge is -2.01. The van der Waals surface area contributed by atoms with Gasteiger partial charge in [-0.2, -0.15) is 0 Å². The molecule has 0 aliphatic heterocycles. The minimum atomic E-state index is -0.678. The molecule has 7 heteroatoms. The number of halogens is 2. The van der Waals surface area contributed by atoms with Gasteiger partial charge in [0, 0.05) is 5.39 Å². The zero-order valence-corrected chi connectivity index (χ0v) is 9.72. The number of nitrogens with two attached hydrogens (primary N) is 2. The number of benzene rings is 1. The van der Waals surface area contributed by atoms with E-state index < -0.39 is 5.91 Å². The zero-order chi connectivity index (χ0) is 10.1. The highest BCUT2D eigenvalue weighted by atomic mass is 35.5. The number of hydrogen-bond donors (Lipinski definition) is 2. The van der Waals surface area contributed by atoms with Crippen LogP contribution >= 0.6 is 24.8 Å². The maximum atomic E-state index is 10.8. The van der Waals surface area contributed by atoms with E-state index in [2.05, 4.69) is 9.97 Å². The number of rotatable bonds is 1. The molecule has 0 unspecified atom stereocenters. The zero-order valence-electron chi connectivity index (χ0n) is 8.08. The molecular formula is C9H10Cl2N4O. The lowest BCUT2D eigenvalue weighted by Crippen LogP contribution is -2.16. The van der Waals surface area contributed by atoms with E-state index in [4.69, 9.17) is 11.5 Å². The van der Waals surface area contributed by atoms with Gasteiger partial charge in [-0.05, 0) is 12.1 Å². The van der Waals surface area contributed by atoms with E-state index in [0.717, 1.165) is 5.39 Å². The van der Waals surface area contributed by atoms with Gasteiger partial charge in [-0.15, -0.1) is 24.8 Å². The fourth-order valence-electron chi connectivity index (χ4n) is 1.21. The third-order valence-electron chi connectivity index (χ3n) is 1.85. The van der Waals surface area contributed by atoms with Crippen LogP contribution in [0.3, 0.4) is 0 Å². The van der Waals surface area contributed by atoms with Gasteiger partial charge in [-0.3, -0.25) is 4.79 Å². The topological polar surface area (TPSA) is 94.9 Å². The van der Waals surface area contributed by atoms with Crippen molar-refractivity contribution in [1.29, 1.82) is 0 Å². The first kappa shape index (κ1) is 14.4. The maximum Gasteiger partial charge on any atom is 0.286 e. The van der Waals surface area contributed by atoms with Gasteiger partial charge in [0.25, 0.3) is 5.91 Å². The van der Waals surface area contributed by atoms with Crippen LogP contribution in [0.15, 0.2) is 24.3 Å².